The topological polar surface area (TPSA) is 115 Å². The van der Waals surface area contributed by atoms with E-state index in [2.05, 4.69) is 6.92 Å². The van der Waals surface area contributed by atoms with Crippen molar-refractivity contribution in [1.29, 1.82) is 0 Å². The summed E-state index contributed by atoms with van der Waals surface area (Å²) in [5.74, 6) is -1.49. The van der Waals surface area contributed by atoms with Crippen LogP contribution in [0.15, 0.2) is 60.7 Å². The fourth-order valence-electron chi connectivity index (χ4n) is 2.97. The van der Waals surface area contributed by atoms with E-state index < -0.39 is 11.9 Å². The highest BCUT2D eigenvalue weighted by Gasteiger charge is 2.36. The summed E-state index contributed by atoms with van der Waals surface area (Å²) in [6.45, 7) is 8.27. The van der Waals surface area contributed by atoms with Gasteiger partial charge in [-0.2, -0.15) is 0 Å². The third-order valence-corrected chi connectivity index (χ3v) is 5.57. The molecule has 6 heteroatoms. The lowest BCUT2D eigenvalue weighted by atomic mass is 9.73. The molecule has 0 heterocycles. The number of carboxylic acid groups (broad SMARTS) is 2. The van der Waals surface area contributed by atoms with E-state index in [0.29, 0.717) is 11.1 Å². The van der Waals surface area contributed by atoms with Crippen LogP contribution in [0.5, 0.6) is 0 Å². The standard InChI is InChI=1S/C11H24O2.2C7H6O2/c1-5-9(4)10(13)11(6-2,7-3)8-12;2*8-7(9)6-4-2-1-3-5-6/h9-10,12-13H,5-8H2,1-4H3;2*1-5H,(H,8,9). The molecule has 2 unspecified atom stereocenters. The van der Waals surface area contributed by atoms with Crippen LogP contribution in [0.3, 0.4) is 0 Å². The minimum Gasteiger partial charge on any atom is -0.478 e. The van der Waals surface area contributed by atoms with Gasteiger partial charge in [0.2, 0.25) is 0 Å². The Labute approximate surface area is 185 Å². The number of rotatable bonds is 8. The predicted molar refractivity (Wildman–Crippen MR) is 122 cm³/mol. The zero-order valence-electron chi connectivity index (χ0n) is 18.9. The highest BCUT2D eigenvalue weighted by Crippen LogP contribution is 2.34. The van der Waals surface area contributed by atoms with Crippen LogP contribution in [0, 0.1) is 11.3 Å². The Morgan fingerprint density at radius 2 is 1.16 bits per heavy atom. The van der Waals surface area contributed by atoms with Gasteiger partial charge in [-0.3, -0.25) is 0 Å². The molecule has 0 radical (unpaired) electrons. The van der Waals surface area contributed by atoms with Crippen molar-refractivity contribution in [3.05, 3.63) is 71.8 Å². The molecule has 0 saturated heterocycles. The number of aromatic carboxylic acids is 2. The average molecular weight is 433 g/mol. The molecule has 172 valence electrons. The van der Waals surface area contributed by atoms with Crippen molar-refractivity contribution in [2.45, 2.75) is 53.1 Å². The predicted octanol–water partition coefficient (Wildman–Crippen LogP) is 4.96. The van der Waals surface area contributed by atoms with Crippen LogP contribution in [0.4, 0.5) is 0 Å². The van der Waals surface area contributed by atoms with Crippen LogP contribution in [0.25, 0.3) is 0 Å². The summed E-state index contributed by atoms with van der Waals surface area (Å²) < 4.78 is 0. The van der Waals surface area contributed by atoms with E-state index in [4.69, 9.17) is 10.2 Å². The van der Waals surface area contributed by atoms with Crippen molar-refractivity contribution in [3.63, 3.8) is 0 Å². The number of hydrogen-bond donors (Lipinski definition) is 4. The first-order valence-electron chi connectivity index (χ1n) is 10.5. The monoisotopic (exact) mass is 432 g/mol. The Kier molecular flexibility index (Phi) is 13.8. The van der Waals surface area contributed by atoms with E-state index in [1.165, 1.54) is 0 Å². The van der Waals surface area contributed by atoms with Crippen LogP contribution in [0.2, 0.25) is 0 Å². The number of hydrogen-bond acceptors (Lipinski definition) is 4. The fraction of sp³-hybridized carbons (Fsp3) is 0.440. The Hall–Kier alpha value is -2.70. The molecule has 31 heavy (non-hydrogen) atoms. The minimum atomic E-state index is -0.879. The van der Waals surface area contributed by atoms with E-state index in [9.17, 15) is 19.8 Å². The van der Waals surface area contributed by atoms with Crippen molar-refractivity contribution in [1.82, 2.24) is 0 Å². The van der Waals surface area contributed by atoms with Gasteiger partial charge in [0.25, 0.3) is 0 Å². The molecule has 2 atom stereocenters. The normalized spacial score (nSPS) is 12.3. The van der Waals surface area contributed by atoms with Gasteiger partial charge in [0.05, 0.1) is 23.8 Å². The average Bonchev–Trinajstić information content (AvgIpc) is 2.82. The molecular formula is C25H36O6. The molecule has 0 fully saturated rings. The molecule has 2 aromatic rings. The second kappa shape index (κ2) is 15.2. The third-order valence-electron chi connectivity index (χ3n) is 5.57. The minimum absolute atomic E-state index is 0.0888. The van der Waals surface area contributed by atoms with Gasteiger partial charge in [-0.15, -0.1) is 0 Å². The Balaban J connectivity index is 0.000000445. The Bertz CT molecular complexity index is 683. The van der Waals surface area contributed by atoms with E-state index in [1.54, 1.807) is 60.7 Å². The number of aliphatic hydroxyl groups excluding tert-OH is 2. The maximum Gasteiger partial charge on any atom is 0.335 e. The number of carbonyl (C=O) groups is 2. The van der Waals surface area contributed by atoms with E-state index in [-0.39, 0.29) is 24.0 Å². The molecule has 0 bridgehead atoms. The largest absolute Gasteiger partial charge is 0.478 e. The molecule has 4 N–H and O–H groups in total. The first-order valence-corrected chi connectivity index (χ1v) is 10.5. The zero-order valence-corrected chi connectivity index (χ0v) is 18.9. The van der Waals surface area contributed by atoms with Crippen molar-refractivity contribution < 1.29 is 30.0 Å². The molecule has 2 aromatic carbocycles. The van der Waals surface area contributed by atoms with Gasteiger partial charge in [0, 0.05) is 5.41 Å². The lowest BCUT2D eigenvalue weighted by molar-refractivity contribution is -0.0535. The number of aliphatic hydroxyl groups is 2. The lowest BCUT2D eigenvalue weighted by Gasteiger charge is -2.37. The first kappa shape index (κ1) is 28.3. The van der Waals surface area contributed by atoms with Crippen LogP contribution in [-0.2, 0) is 0 Å². The molecule has 0 aliphatic carbocycles. The quantitative estimate of drug-likeness (QED) is 0.468. The fourth-order valence-corrected chi connectivity index (χ4v) is 2.97. The smallest absolute Gasteiger partial charge is 0.335 e. The molecule has 2 rings (SSSR count). The summed E-state index contributed by atoms with van der Waals surface area (Å²) in [4.78, 5) is 20.4. The molecule has 0 spiro atoms. The maximum atomic E-state index is 10.2. The molecule has 6 nitrogen and oxygen atoms in total. The first-order chi connectivity index (χ1) is 14.7. The van der Waals surface area contributed by atoms with Crippen molar-refractivity contribution in [2.24, 2.45) is 11.3 Å². The highest BCUT2D eigenvalue weighted by atomic mass is 16.4. The molecule has 0 aliphatic rings. The van der Waals surface area contributed by atoms with Crippen molar-refractivity contribution in [3.8, 4) is 0 Å². The van der Waals surface area contributed by atoms with Gasteiger partial charge in [0.1, 0.15) is 0 Å². The molecule has 0 amide bonds. The summed E-state index contributed by atoms with van der Waals surface area (Å²) in [6, 6.07) is 16.6. The third kappa shape index (κ3) is 9.77. The van der Waals surface area contributed by atoms with Crippen LogP contribution >= 0.6 is 0 Å². The highest BCUT2D eigenvalue weighted by molar-refractivity contribution is 5.87. The van der Waals surface area contributed by atoms with Crippen LogP contribution in [0.1, 0.15) is 67.7 Å². The summed E-state index contributed by atoms with van der Waals surface area (Å²) in [6.07, 6.45) is 2.26. The van der Waals surface area contributed by atoms with Gasteiger partial charge in [-0.25, -0.2) is 9.59 Å². The molecular weight excluding hydrogens is 396 g/mol. The summed E-state index contributed by atoms with van der Waals surface area (Å²) in [5, 5.41) is 36.2. The molecule has 0 aliphatic heterocycles. The van der Waals surface area contributed by atoms with Gasteiger partial charge < -0.3 is 20.4 Å². The summed E-state index contributed by atoms with van der Waals surface area (Å²) >= 11 is 0. The SMILES string of the molecule is CCC(C)C(O)C(CC)(CC)CO.O=C(O)c1ccccc1.O=C(O)c1ccccc1. The van der Waals surface area contributed by atoms with Crippen molar-refractivity contribution in [2.75, 3.05) is 6.61 Å². The van der Waals surface area contributed by atoms with Crippen LogP contribution in [-0.4, -0.2) is 45.1 Å². The number of carboxylic acids is 2. The second-order valence-electron chi connectivity index (χ2n) is 7.40. The Morgan fingerprint density at radius 1 is 0.806 bits per heavy atom. The molecule has 0 aromatic heterocycles. The Morgan fingerprint density at radius 3 is 1.35 bits per heavy atom. The molecule has 0 saturated carbocycles. The summed E-state index contributed by atoms with van der Waals surface area (Å²) in [7, 11) is 0. The van der Waals surface area contributed by atoms with Crippen LogP contribution < -0.4 is 0 Å². The van der Waals surface area contributed by atoms with Gasteiger partial charge in [-0.1, -0.05) is 70.5 Å². The van der Waals surface area contributed by atoms with Gasteiger partial charge in [-0.05, 0) is 43.0 Å². The van der Waals surface area contributed by atoms with E-state index in [0.717, 1.165) is 19.3 Å². The maximum absolute atomic E-state index is 10.2. The summed E-state index contributed by atoms with van der Waals surface area (Å²) in [5.41, 5.74) is 0.380. The van der Waals surface area contributed by atoms with E-state index >= 15 is 0 Å². The van der Waals surface area contributed by atoms with Gasteiger partial charge in [0.15, 0.2) is 0 Å². The van der Waals surface area contributed by atoms with E-state index in [1.807, 2.05) is 20.8 Å². The zero-order chi connectivity index (χ0) is 23.9. The lowest BCUT2D eigenvalue weighted by Crippen LogP contribution is -2.41. The second-order valence-corrected chi connectivity index (χ2v) is 7.40. The number of benzene rings is 2. The van der Waals surface area contributed by atoms with Crippen molar-refractivity contribution >= 4 is 11.9 Å². The van der Waals surface area contributed by atoms with Gasteiger partial charge >= 0.3 is 11.9 Å².